The maximum absolute atomic E-state index is 12.9. The third-order valence-corrected chi connectivity index (χ3v) is 8.92. The zero-order chi connectivity index (χ0) is 21.7. The summed E-state index contributed by atoms with van der Waals surface area (Å²) in [7, 11) is 0. The summed E-state index contributed by atoms with van der Waals surface area (Å²) in [6, 6.07) is 7.11. The van der Waals surface area contributed by atoms with Gasteiger partial charge in [-0.2, -0.15) is 0 Å². The molecule has 7 rings (SSSR count). The van der Waals surface area contributed by atoms with Gasteiger partial charge in [-0.25, -0.2) is 0 Å². The third-order valence-electron chi connectivity index (χ3n) is 8.92. The molecule has 0 radical (unpaired) electrons. The first-order valence-corrected chi connectivity index (χ1v) is 11.9. The van der Waals surface area contributed by atoms with Crippen LogP contribution in [0.2, 0.25) is 0 Å². The first-order valence-electron chi connectivity index (χ1n) is 11.9. The molecule has 3 heterocycles. The summed E-state index contributed by atoms with van der Waals surface area (Å²) < 4.78 is 6.48. The molecule has 2 aliphatic heterocycles. The lowest BCUT2D eigenvalue weighted by atomic mass is 9.48. The van der Waals surface area contributed by atoms with E-state index in [9.17, 15) is 15.0 Å². The number of phenols is 1. The van der Waals surface area contributed by atoms with E-state index in [0.29, 0.717) is 24.3 Å². The summed E-state index contributed by atoms with van der Waals surface area (Å²) in [5, 5.41) is 26.3. The number of piperidine rings is 1. The summed E-state index contributed by atoms with van der Waals surface area (Å²) in [5.41, 5.74) is 1.15. The van der Waals surface area contributed by atoms with Gasteiger partial charge in [0.25, 0.3) is 5.91 Å². The van der Waals surface area contributed by atoms with Crippen molar-refractivity contribution in [3.05, 3.63) is 47.3 Å². The van der Waals surface area contributed by atoms with Gasteiger partial charge in [-0.15, -0.1) is 12.4 Å². The number of nitrogens with one attached hydrogen (secondary N) is 2. The van der Waals surface area contributed by atoms with Crippen molar-refractivity contribution in [1.82, 2.24) is 15.2 Å². The minimum absolute atomic E-state index is 0. The number of benzene rings is 1. The molecule has 2 aromatic rings. The Balaban J connectivity index is 0.00000206. The third kappa shape index (κ3) is 2.73. The molecule has 1 aromatic heterocycles. The molecule has 2 bridgehead atoms. The molecule has 3 aliphatic carbocycles. The standard InChI is InChI=1S/C25H29N3O4.ClH/c29-18-6-5-15-12-19-25(31)8-7-16(27-23(30)17-2-1-10-26-17)22-24(25,20(15)21(18)32-22)9-11-28(19)13-14-3-4-14;/h1-2,5-6,10,14,16,19,22,26,29,31H,3-4,7-9,11-13H2,(H,27,30);1H/t16-,19-,22+,24+,25-;/m1./s1. The molecule has 1 amide bonds. The van der Waals surface area contributed by atoms with Crippen LogP contribution in [0.15, 0.2) is 30.5 Å². The summed E-state index contributed by atoms with van der Waals surface area (Å²) in [5.74, 6) is 1.24. The number of aromatic amines is 1. The van der Waals surface area contributed by atoms with Crippen LogP contribution in [-0.2, 0) is 11.8 Å². The molecular formula is C25H30ClN3O4. The number of H-pyrrole nitrogens is 1. The van der Waals surface area contributed by atoms with Gasteiger partial charge in [-0.05, 0) is 74.8 Å². The quantitative estimate of drug-likeness (QED) is 0.549. The van der Waals surface area contributed by atoms with Gasteiger partial charge in [0.05, 0.1) is 17.1 Å². The second-order valence-electron chi connectivity index (χ2n) is 10.5. The number of likely N-dealkylation sites (tertiary alicyclic amines) is 1. The Morgan fingerprint density at radius 1 is 1.24 bits per heavy atom. The fraction of sp³-hybridized carbons (Fsp3) is 0.560. The number of amides is 1. The predicted octanol–water partition coefficient (Wildman–Crippen LogP) is 2.50. The number of aliphatic hydroxyl groups is 1. The number of halogens is 1. The molecule has 7 nitrogen and oxygen atoms in total. The lowest BCUT2D eigenvalue weighted by molar-refractivity contribution is -0.191. The number of ether oxygens (including phenoxy) is 1. The van der Waals surface area contributed by atoms with Gasteiger partial charge >= 0.3 is 0 Å². The Kier molecular flexibility index (Phi) is 4.61. The highest BCUT2D eigenvalue weighted by molar-refractivity contribution is 5.92. The number of aromatic nitrogens is 1. The largest absolute Gasteiger partial charge is 0.504 e. The van der Waals surface area contributed by atoms with Crippen LogP contribution in [0.3, 0.4) is 0 Å². The van der Waals surface area contributed by atoms with E-state index in [1.165, 1.54) is 18.4 Å². The van der Waals surface area contributed by atoms with Crippen LogP contribution >= 0.6 is 12.4 Å². The molecular weight excluding hydrogens is 442 g/mol. The maximum atomic E-state index is 12.9. The monoisotopic (exact) mass is 471 g/mol. The van der Waals surface area contributed by atoms with Gasteiger partial charge < -0.3 is 25.3 Å². The molecule has 1 aromatic carbocycles. The highest BCUT2D eigenvalue weighted by Gasteiger charge is 2.73. The summed E-state index contributed by atoms with van der Waals surface area (Å²) in [4.78, 5) is 18.4. The Morgan fingerprint density at radius 3 is 2.85 bits per heavy atom. The number of hydrogen-bond acceptors (Lipinski definition) is 5. The average Bonchev–Trinajstić information content (AvgIpc) is 3.27. The Morgan fingerprint density at radius 2 is 2.09 bits per heavy atom. The van der Waals surface area contributed by atoms with Crippen LogP contribution in [0.25, 0.3) is 0 Å². The van der Waals surface area contributed by atoms with Gasteiger partial charge in [-0.3, -0.25) is 9.69 Å². The lowest BCUT2D eigenvalue weighted by Gasteiger charge is -2.64. The Bertz CT molecular complexity index is 1100. The van der Waals surface area contributed by atoms with E-state index in [-0.39, 0.29) is 36.1 Å². The number of aromatic hydroxyl groups is 1. The van der Waals surface area contributed by atoms with E-state index in [1.54, 1.807) is 24.4 Å². The minimum Gasteiger partial charge on any atom is -0.504 e. The van der Waals surface area contributed by atoms with Crippen LogP contribution < -0.4 is 10.1 Å². The van der Waals surface area contributed by atoms with Crippen molar-refractivity contribution < 1.29 is 19.7 Å². The Hall–Kier alpha value is -2.22. The second-order valence-corrected chi connectivity index (χ2v) is 10.5. The van der Waals surface area contributed by atoms with E-state index >= 15 is 0 Å². The zero-order valence-corrected chi connectivity index (χ0v) is 19.2. The first kappa shape index (κ1) is 21.3. The second kappa shape index (κ2) is 7.14. The van der Waals surface area contributed by atoms with Crippen molar-refractivity contribution in [2.24, 2.45) is 5.92 Å². The predicted molar refractivity (Wildman–Crippen MR) is 124 cm³/mol. The summed E-state index contributed by atoms with van der Waals surface area (Å²) >= 11 is 0. The average molecular weight is 472 g/mol. The van der Waals surface area contributed by atoms with E-state index in [4.69, 9.17) is 4.74 Å². The van der Waals surface area contributed by atoms with Gasteiger partial charge in [0.15, 0.2) is 11.5 Å². The molecule has 33 heavy (non-hydrogen) atoms. The summed E-state index contributed by atoms with van der Waals surface area (Å²) in [6.45, 7) is 1.97. The van der Waals surface area contributed by atoms with Crippen molar-refractivity contribution in [3.8, 4) is 11.5 Å². The van der Waals surface area contributed by atoms with Crippen molar-refractivity contribution in [1.29, 1.82) is 0 Å². The van der Waals surface area contributed by atoms with Crippen LogP contribution in [0, 0.1) is 5.92 Å². The highest BCUT2D eigenvalue weighted by Crippen LogP contribution is 2.65. The number of carbonyl (C=O) groups excluding carboxylic acids is 1. The van der Waals surface area contributed by atoms with Crippen LogP contribution in [0.4, 0.5) is 0 Å². The van der Waals surface area contributed by atoms with Crippen LogP contribution in [0.1, 0.15) is 53.7 Å². The molecule has 0 unspecified atom stereocenters. The lowest BCUT2D eigenvalue weighted by Crippen LogP contribution is -2.78. The van der Waals surface area contributed by atoms with Crippen molar-refractivity contribution in [2.75, 3.05) is 13.1 Å². The molecule has 1 saturated heterocycles. The molecule has 2 saturated carbocycles. The fourth-order valence-electron chi connectivity index (χ4n) is 7.35. The number of nitrogens with zero attached hydrogens (tertiary/aromatic N) is 1. The fourth-order valence-corrected chi connectivity index (χ4v) is 7.35. The molecule has 5 aliphatic rings. The first-order chi connectivity index (χ1) is 15.5. The maximum Gasteiger partial charge on any atom is 0.268 e. The van der Waals surface area contributed by atoms with E-state index in [1.807, 2.05) is 6.07 Å². The molecule has 5 atom stereocenters. The number of rotatable bonds is 4. The minimum atomic E-state index is -0.926. The SMILES string of the molecule is Cl.O=C(N[C@@H]1CC[C@@]2(O)[C@H]3Cc4ccc(O)c5c4[C@@]2(CCN3CC2CC2)[C@H]1O5)c1ccc[nH]1. The molecule has 8 heteroatoms. The number of phenolic OH excluding ortho intramolecular Hbond substituents is 1. The van der Waals surface area contributed by atoms with Gasteiger partial charge in [-0.1, -0.05) is 6.07 Å². The molecule has 4 N–H and O–H groups in total. The van der Waals surface area contributed by atoms with Crippen molar-refractivity contribution in [2.45, 2.75) is 67.7 Å². The highest BCUT2D eigenvalue weighted by atomic mass is 35.5. The molecule has 176 valence electrons. The van der Waals surface area contributed by atoms with E-state index in [2.05, 4.69) is 15.2 Å². The normalized spacial score (nSPS) is 35.8. The van der Waals surface area contributed by atoms with Gasteiger partial charge in [0, 0.05) is 24.3 Å². The summed E-state index contributed by atoms with van der Waals surface area (Å²) in [6.07, 6.45) is 6.74. The molecule has 1 spiro atoms. The van der Waals surface area contributed by atoms with E-state index < -0.39 is 17.1 Å². The topological polar surface area (TPSA) is 97.8 Å². The van der Waals surface area contributed by atoms with Crippen molar-refractivity contribution >= 4 is 18.3 Å². The van der Waals surface area contributed by atoms with Crippen LogP contribution in [-0.4, -0.2) is 62.9 Å². The van der Waals surface area contributed by atoms with Crippen LogP contribution in [0.5, 0.6) is 11.5 Å². The van der Waals surface area contributed by atoms with Gasteiger partial charge in [0.2, 0.25) is 0 Å². The van der Waals surface area contributed by atoms with E-state index in [0.717, 1.165) is 37.4 Å². The Labute approximate surface area is 198 Å². The molecule has 3 fully saturated rings. The van der Waals surface area contributed by atoms with Gasteiger partial charge in [0.1, 0.15) is 11.8 Å². The smallest absolute Gasteiger partial charge is 0.268 e. The number of carbonyl (C=O) groups is 1. The number of hydrogen-bond donors (Lipinski definition) is 4. The van der Waals surface area contributed by atoms with Crippen molar-refractivity contribution in [3.63, 3.8) is 0 Å². The zero-order valence-electron chi connectivity index (χ0n) is 18.4.